The van der Waals surface area contributed by atoms with E-state index in [4.69, 9.17) is 5.73 Å². The number of fused-ring (bicyclic) bond motifs is 1. The summed E-state index contributed by atoms with van der Waals surface area (Å²) in [6.45, 7) is 2.46. The van der Waals surface area contributed by atoms with E-state index in [2.05, 4.69) is 38.7 Å². The summed E-state index contributed by atoms with van der Waals surface area (Å²) in [5.41, 5.74) is 8.70. The van der Waals surface area contributed by atoms with Crippen molar-refractivity contribution in [3.63, 3.8) is 0 Å². The Hall–Kier alpha value is -1.65. The Morgan fingerprint density at radius 2 is 2.22 bits per heavy atom. The zero-order chi connectivity index (χ0) is 12.5. The number of nitrogens with zero attached hydrogens (tertiary/aromatic N) is 3. The second-order valence-electron chi connectivity index (χ2n) is 4.81. The van der Waals surface area contributed by atoms with Gasteiger partial charge in [-0.15, -0.1) is 0 Å². The lowest BCUT2D eigenvalue weighted by atomic mass is 10.1. The summed E-state index contributed by atoms with van der Waals surface area (Å²) in [6, 6.07) is 8.88. The highest BCUT2D eigenvalue weighted by atomic mass is 15.2. The zero-order valence-corrected chi connectivity index (χ0v) is 10.6. The maximum atomic E-state index is 5.94. The van der Waals surface area contributed by atoms with Gasteiger partial charge in [0.15, 0.2) is 0 Å². The number of hydrogen-bond donors (Lipinski definition) is 1. The van der Waals surface area contributed by atoms with Crippen LogP contribution in [0.1, 0.15) is 23.0 Å². The fourth-order valence-corrected chi connectivity index (χ4v) is 2.70. The van der Waals surface area contributed by atoms with Gasteiger partial charge in [-0.3, -0.25) is 4.90 Å². The van der Waals surface area contributed by atoms with Crippen LogP contribution >= 0.6 is 0 Å². The molecule has 0 bridgehead atoms. The van der Waals surface area contributed by atoms with Crippen LogP contribution in [0.25, 0.3) is 0 Å². The number of aromatic nitrogens is 2. The Bertz CT molecular complexity index is 546. The lowest BCUT2D eigenvalue weighted by molar-refractivity contribution is 0.203. The second kappa shape index (κ2) is 4.55. The maximum Gasteiger partial charge on any atom is 0.122 e. The van der Waals surface area contributed by atoms with Gasteiger partial charge in [-0.05, 0) is 11.1 Å². The summed E-state index contributed by atoms with van der Waals surface area (Å²) in [5.74, 6) is 1.08. The highest BCUT2D eigenvalue weighted by Crippen LogP contribution is 2.33. The van der Waals surface area contributed by atoms with Crippen molar-refractivity contribution in [2.45, 2.75) is 19.1 Å². The molecule has 94 valence electrons. The van der Waals surface area contributed by atoms with Gasteiger partial charge in [0.05, 0.1) is 6.54 Å². The van der Waals surface area contributed by atoms with E-state index in [9.17, 15) is 0 Å². The molecule has 1 aliphatic heterocycles. The van der Waals surface area contributed by atoms with Crippen LogP contribution in [0.5, 0.6) is 0 Å². The minimum absolute atomic E-state index is 0.317. The molecule has 0 saturated heterocycles. The SMILES string of the molecule is Cn1ccnc1CN1Cc2ccccc2C1CN. The number of imidazole rings is 1. The van der Waals surface area contributed by atoms with Crippen LogP contribution in [-0.4, -0.2) is 21.0 Å². The lowest BCUT2D eigenvalue weighted by Gasteiger charge is -2.23. The Morgan fingerprint density at radius 3 is 2.94 bits per heavy atom. The minimum atomic E-state index is 0.317. The molecule has 0 aliphatic carbocycles. The number of rotatable bonds is 3. The fourth-order valence-electron chi connectivity index (χ4n) is 2.70. The van der Waals surface area contributed by atoms with Crippen molar-refractivity contribution in [2.75, 3.05) is 6.54 Å². The fraction of sp³-hybridized carbons (Fsp3) is 0.357. The summed E-state index contributed by atoms with van der Waals surface area (Å²) >= 11 is 0. The Balaban J connectivity index is 1.85. The number of nitrogens with two attached hydrogens (primary N) is 1. The topological polar surface area (TPSA) is 47.1 Å². The normalized spacial score (nSPS) is 19.1. The van der Waals surface area contributed by atoms with Crippen molar-refractivity contribution in [2.24, 2.45) is 12.8 Å². The van der Waals surface area contributed by atoms with Crippen LogP contribution in [-0.2, 0) is 20.1 Å². The molecule has 1 aromatic heterocycles. The molecular weight excluding hydrogens is 224 g/mol. The molecule has 18 heavy (non-hydrogen) atoms. The molecule has 1 unspecified atom stereocenters. The molecule has 1 aromatic carbocycles. The molecule has 1 atom stereocenters. The van der Waals surface area contributed by atoms with E-state index in [0.717, 1.165) is 18.9 Å². The molecule has 2 N–H and O–H groups in total. The summed E-state index contributed by atoms with van der Waals surface area (Å²) in [7, 11) is 2.03. The Labute approximate surface area is 107 Å². The van der Waals surface area contributed by atoms with Gasteiger partial charge >= 0.3 is 0 Å². The number of aryl methyl sites for hydroxylation is 1. The van der Waals surface area contributed by atoms with Crippen molar-refractivity contribution < 1.29 is 0 Å². The molecular formula is C14H18N4. The van der Waals surface area contributed by atoms with Gasteiger partial charge in [0, 0.05) is 38.6 Å². The molecule has 4 nitrogen and oxygen atoms in total. The molecule has 1 aliphatic rings. The number of benzene rings is 1. The van der Waals surface area contributed by atoms with Gasteiger partial charge in [-0.25, -0.2) is 4.98 Å². The van der Waals surface area contributed by atoms with E-state index in [1.807, 2.05) is 19.4 Å². The molecule has 0 spiro atoms. The lowest BCUT2D eigenvalue weighted by Crippen LogP contribution is -2.28. The van der Waals surface area contributed by atoms with Gasteiger partial charge in [-0.2, -0.15) is 0 Å². The molecule has 0 radical (unpaired) electrons. The third kappa shape index (κ3) is 1.83. The van der Waals surface area contributed by atoms with Crippen LogP contribution in [0.4, 0.5) is 0 Å². The third-order valence-electron chi connectivity index (χ3n) is 3.72. The first kappa shape index (κ1) is 11.4. The van der Waals surface area contributed by atoms with Crippen LogP contribution in [0.2, 0.25) is 0 Å². The Morgan fingerprint density at radius 1 is 1.39 bits per heavy atom. The quantitative estimate of drug-likeness (QED) is 0.886. The number of hydrogen-bond acceptors (Lipinski definition) is 3. The van der Waals surface area contributed by atoms with Crippen LogP contribution in [0, 0.1) is 0 Å². The predicted octanol–water partition coefficient (Wildman–Crippen LogP) is 1.44. The van der Waals surface area contributed by atoms with Gasteiger partial charge in [0.1, 0.15) is 5.82 Å². The molecule has 4 heteroatoms. The standard InChI is InChI=1S/C14H18N4/c1-17-7-6-16-14(17)10-18-9-11-4-2-3-5-12(11)13(18)8-15/h2-7,13H,8-10,15H2,1H3. The average Bonchev–Trinajstić information content (AvgIpc) is 2.93. The van der Waals surface area contributed by atoms with E-state index in [0.29, 0.717) is 12.6 Å². The average molecular weight is 242 g/mol. The zero-order valence-electron chi connectivity index (χ0n) is 10.6. The maximum absolute atomic E-state index is 5.94. The van der Waals surface area contributed by atoms with E-state index in [1.165, 1.54) is 11.1 Å². The largest absolute Gasteiger partial charge is 0.337 e. The highest BCUT2D eigenvalue weighted by molar-refractivity contribution is 5.34. The van der Waals surface area contributed by atoms with Crippen LogP contribution in [0.15, 0.2) is 36.7 Å². The summed E-state index contributed by atoms with van der Waals surface area (Å²) in [6.07, 6.45) is 3.83. The third-order valence-corrected chi connectivity index (χ3v) is 3.72. The first-order valence-corrected chi connectivity index (χ1v) is 6.27. The molecule has 0 fully saturated rings. The summed E-state index contributed by atoms with van der Waals surface area (Å²) in [4.78, 5) is 6.79. The van der Waals surface area contributed by atoms with E-state index in [-0.39, 0.29) is 0 Å². The van der Waals surface area contributed by atoms with Gasteiger partial charge in [-0.1, -0.05) is 24.3 Å². The van der Waals surface area contributed by atoms with Crippen molar-refractivity contribution in [3.05, 3.63) is 53.6 Å². The van der Waals surface area contributed by atoms with Gasteiger partial charge in [0.25, 0.3) is 0 Å². The second-order valence-corrected chi connectivity index (χ2v) is 4.81. The van der Waals surface area contributed by atoms with Crippen molar-refractivity contribution in [1.29, 1.82) is 0 Å². The summed E-state index contributed by atoms with van der Waals surface area (Å²) < 4.78 is 2.07. The van der Waals surface area contributed by atoms with E-state index < -0.39 is 0 Å². The first-order chi connectivity index (χ1) is 8.79. The van der Waals surface area contributed by atoms with Crippen LogP contribution < -0.4 is 5.73 Å². The first-order valence-electron chi connectivity index (χ1n) is 6.27. The monoisotopic (exact) mass is 242 g/mol. The van der Waals surface area contributed by atoms with Crippen LogP contribution in [0.3, 0.4) is 0 Å². The van der Waals surface area contributed by atoms with Crippen molar-refractivity contribution >= 4 is 0 Å². The molecule has 0 amide bonds. The van der Waals surface area contributed by atoms with E-state index in [1.54, 1.807) is 0 Å². The summed E-state index contributed by atoms with van der Waals surface area (Å²) in [5, 5.41) is 0. The molecule has 2 heterocycles. The van der Waals surface area contributed by atoms with E-state index >= 15 is 0 Å². The van der Waals surface area contributed by atoms with Crippen molar-refractivity contribution in [3.8, 4) is 0 Å². The smallest absolute Gasteiger partial charge is 0.122 e. The Kier molecular flexibility index (Phi) is 2.89. The molecule has 2 aromatic rings. The highest BCUT2D eigenvalue weighted by Gasteiger charge is 2.29. The van der Waals surface area contributed by atoms with Gasteiger partial charge < -0.3 is 10.3 Å². The minimum Gasteiger partial charge on any atom is -0.337 e. The molecule has 0 saturated carbocycles. The van der Waals surface area contributed by atoms with Gasteiger partial charge in [0.2, 0.25) is 0 Å². The molecule has 3 rings (SSSR count). The predicted molar refractivity (Wildman–Crippen MR) is 70.7 cm³/mol. The van der Waals surface area contributed by atoms with Crippen molar-refractivity contribution in [1.82, 2.24) is 14.5 Å².